The van der Waals surface area contributed by atoms with E-state index in [1.54, 1.807) is 19.0 Å². The van der Waals surface area contributed by atoms with Gasteiger partial charge < -0.3 is 29.7 Å². The lowest BCUT2D eigenvalue weighted by Crippen LogP contribution is -2.56. The Balaban J connectivity index is 0.968. The molecule has 1 aromatic heterocycles. The van der Waals surface area contributed by atoms with Gasteiger partial charge in [0.1, 0.15) is 5.69 Å². The van der Waals surface area contributed by atoms with E-state index in [-0.39, 0.29) is 35.5 Å². The quantitative estimate of drug-likeness (QED) is 0.430. The lowest BCUT2D eigenvalue weighted by atomic mass is 9.71. The van der Waals surface area contributed by atoms with Gasteiger partial charge in [-0.15, -0.1) is 0 Å². The van der Waals surface area contributed by atoms with E-state index in [9.17, 15) is 14.4 Å². The molecule has 10 nitrogen and oxygen atoms in total. The molecular formula is C34H40N6O4. The van der Waals surface area contributed by atoms with Crippen LogP contribution in [0.5, 0.6) is 0 Å². The van der Waals surface area contributed by atoms with Gasteiger partial charge in [-0.05, 0) is 73.2 Å². The van der Waals surface area contributed by atoms with Gasteiger partial charge in [0, 0.05) is 63.8 Å². The number of nitrogens with zero attached hydrogens (tertiary/aromatic N) is 4. The molecule has 230 valence electrons. The van der Waals surface area contributed by atoms with Crippen LogP contribution in [0.25, 0.3) is 0 Å². The number of ether oxygens (including phenoxy) is 1. The van der Waals surface area contributed by atoms with Gasteiger partial charge in [-0.2, -0.15) is 0 Å². The number of hydrogen-bond donors (Lipinski definition) is 2. The Morgan fingerprint density at radius 1 is 0.955 bits per heavy atom. The summed E-state index contributed by atoms with van der Waals surface area (Å²) in [6, 6.07) is 19.8. The lowest BCUT2D eigenvalue weighted by Gasteiger charge is -2.53. The molecule has 4 aliphatic rings. The highest BCUT2D eigenvalue weighted by Crippen LogP contribution is 2.49. The first-order chi connectivity index (χ1) is 21.3. The standard InChI is InChI=1S/C34H40N6O4/c1-37(2)32(42)25-8-4-24(5-9-25)20-38-16-17-39-29(12-13-30(39)34(38)14-3-15-34)31(41)35-19-23-6-10-26(11-7-23)36-33(43)40-21-28-18-27(40)22-44-28/h4-13,27-28H,3,14-22H2,1-2H3,(H,35,41)(H,36,43)/t27-,28-/m1/s1. The molecule has 0 unspecified atom stereocenters. The van der Waals surface area contributed by atoms with Crippen LogP contribution in [0.3, 0.4) is 0 Å². The number of fused-ring (bicyclic) bond motifs is 4. The summed E-state index contributed by atoms with van der Waals surface area (Å²) in [4.78, 5) is 44.3. The molecule has 2 bridgehead atoms. The number of hydrogen-bond acceptors (Lipinski definition) is 5. The second kappa shape index (κ2) is 11.4. The van der Waals surface area contributed by atoms with E-state index in [0.717, 1.165) is 50.1 Å². The van der Waals surface area contributed by atoms with Crippen LogP contribution in [0, 0.1) is 0 Å². The van der Waals surface area contributed by atoms with Crippen LogP contribution >= 0.6 is 0 Å². The molecule has 4 heterocycles. The number of aromatic nitrogens is 1. The first kappa shape index (κ1) is 28.6. The fourth-order valence-corrected chi connectivity index (χ4v) is 7.28. The predicted molar refractivity (Wildman–Crippen MR) is 166 cm³/mol. The number of carbonyl (C=O) groups is 3. The Morgan fingerprint density at radius 2 is 1.70 bits per heavy atom. The maximum atomic E-state index is 13.3. The fraction of sp³-hybridized carbons (Fsp3) is 0.441. The van der Waals surface area contributed by atoms with Crippen LogP contribution in [0.2, 0.25) is 0 Å². The molecule has 3 fully saturated rings. The SMILES string of the molecule is CN(C)C(=O)c1ccc(CN2CCn3c(C(=O)NCc4ccc(NC(=O)N5C[C@H]6C[C@@H]5CO6)cc4)ccc3C23CCC3)cc1. The highest BCUT2D eigenvalue weighted by molar-refractivity contribution is 5.94. The first-order valence-corrected chi connectivity index (χ1v) is 15.6. The number of carbonyl (C=O) groups excluding carboxylic acids is 3. The number of rotatable bonds is 7. The Kier molecular flexibility index (Phi) is 7.42. The maximum absolute atomic E-state index is 13.3. The minimum absolute atomic E-state index is 0.00895. The van der Waals surface area contributed by atoms with Crippen LogP contribution in [0.1, 0.15) is 63.4 Å². The van der Waals surface area contributed by atoms with Crippen molar-refractivity contribution < 1.29 is 19.1 Å². The zero-order valence-electron chi connectivity index (χ0n) is 25.4. The van der Waals surface area contributed by atoms with E-state index in [2.05, 4.69) is 38.3 Å². The summed E-state index contributed by atoms with van der Waals surface area (Å²) in [6.45, 7) is 4.11. The van der Waals surface area contributed by atoms with Crippen LogP contribution in [-0.4, -0.2) is 83.0 Å². The van der Waals surface area contributed by atoms with E-state index >= 15 is 0 Å². The largest absolute Gasteiger partial charge is 0.374 e. The van der Waals surface area contributed by atoms with Crippen LogP contribution in [-0.2, 0) is 29.9 Å². The van der Waals surface area contributed by atoms with Gasteiger partial charge in [0.25, 0.3) is 11.8 Å². The zero-order valence-corrected chi connectivity index (χ0v) is 25.4. The van der Waals surface area contributed by atoms with Crippen molar-refractivity contribution in [2.24, 2.45) is 0 Å². The minimum Gasteiger partial charge on any atom is -0.374 e. The van der Waals surface area contributed by atoms with Gasteiger partial charge in [0.05, 0.1) is 24.3 Å². The van der Waals surface area contributed by atoms with Crippen LogP contribution < -0.4 is 10.6 Å². The Labute approximate surface area is 257 Å². The van der Waals surface area contributed by atoms with E-state index < -0.39 is 0 Å². The van der Waals surface area contributed by atoms with Gasteiger partial charge in [0.15, 0.2) is 0 Å². The number of benzene rings is 2. The molecule has 3 aliphatic heterocycles. The zero-order chi connectivity index (χ0) is 30.4. The molecule has 1 aliphatic carbocycles. The number of anilines is 1. The number of nitrogens with one attached hydrogen (secondary N) is 2. The summed E-state index contributed by atoms with van der Waals surface area (Å²) < 4.78 is 7.80. The summed E-state index contributed by atoms with van der Waals surface area (Å²) in [5, 5.41) is 6.08. The minimum atomic E-state index is -0.0861. The normalized spacial score (nSPS) is 21.5. The second-order valence-corrected chi connectivity index (χ2v) is 12.8. The molecule has 2 atom stereocenters. The van der Waals surface area contributed by atoms with Crippen molar-refractivity contribution in [2.45, 2.75) is 63.0 Å². The third-order valence-electron chi connectivity index (χ3n) is 9.87. The molecule has 1 saturated carbocycles. The number of likely N-dealkylation sites (tertiary alicyclic amines) is 1. The molecule has 3 aromatic rings. The molecule has 2 aromatic carbocycles. The summed E-state index contributed by atoms with van der Waals surface area (Å²) in [7, 11) is 3.53. The van der Waals surface area contributed by atoms with E-state index in [1.165, 1.54) is 17.7 Å². The van der Waals surface area contributed by atoms with E-state index in [0.29, 0.717) is 31.0 Å². The van der Waals surface area contributed by atoms with Crippen LogP contribution in [0.15, 0.2) is 60.7 Å². The molecule has 0 radical (unpaired) electrons. The monoisotopic (exact) mass is 596 g/mol. The second-order valence-electron chi connectivity index (χ2n) is 12.8. The molecule has 4 amide bonds. The van der Waals surface area contributed by atoms with Gasteiger partial charge in [-0.1, -0.05) is 24.3 Å². The molecule has 2 saturated heterocycles. The van der Waals surface area contributed by atoms with Crippen molar-refractivity contribution in [2.75, 3.05) is 39.1 Å². The smallest absolute Gasteiger partial charge is 0.322 e. The highest BCUT2D eigenvalue weighted by Gasteiger charge is 2.48. The number of urea groups is 1. The van der Waals surface area contributed by atoms with Gasteiger partial charge in [0.2, 0.25) is 0 Å². The molecular weight excluding hydrogens is 556 g/mol. The third kappa shape index (κ3) is 5.16. The number of morpholine rings is 1. The predicted octanol–water partition coefficient (Wildman–Crippen LogP) is 4.02. The van der Waals surface area contributed by atoms with E-state index in [4.69, 9.17) is 4.74 Å². The average molecular weight is 597 g/mol. The third-order valence-corrected chi connectivity index (χ3v) is 9.87. The van der Waals surface area contributed by atoms with E-state index in [1.807, 2.05) is 47.4 Å². The maximum Gasteiger partial charge on any atom is 0.322 e. The van der Waals surface area contributed by atoms with Gasteiger partial charge >= 0.3 is 6.03 Å². The van der Waals surface area contributed by atoms with Crippen molar-refractivity contribution in [1.29, 1.82) is 0 Å². The van der Waals surface area contributed by atoms with Crippen LogP contribution in [0.4, 0.5) is 10.5 Å². The summed E-state index contributed by atoms with van der Waals surface area (Å²) in [5.41, 5.74) is 5.45. The lowest BCUT2D eigenvalue weighted by molar-refractivity contribution is -0.0217. The Hall–Kier alpha value is -4.15. The van der Waals surface area contributed by atoms with Crippen molar-refractivity contribution in [3.63, 3.8) is 0 Å². The van der Waals surface area contributed by atoms with Crippen molar-refractivity contribution in [1.82, 2.24) is 24.6 Å². The molecule has 2 N–H and O–H groups in total. The summed E-state index contributed by atoms with van der Waals surface area (Å²) in [6.07, 6.45) is 4.41. The molecule has 1 spiro atoms. The summed E-state index contributed by atoms with van der Waals surface area (Å²) >= 11 is 0. The van der Waals surface area contributed by atoms with Crippen molar-refractivity contribution in [3.8, 4) is 0 Å². The Morgan fingerprint density at radius 3 is 2.34 bits per heavy atom. The van der Waals surface area contributed by atoms with Gasteiger partial charge in [-0.25, -0.2) is 4.79 Å². The topological polar surface area (TPSA) is 99.2 Å². The van der Waals surface area contributed by atoms with Crippen molar-refractivity contribution in [3.05, 3.63) is 88.7 Å². The molecule has 7 rings (SSSR count). The summed E-state index contributed by atoms with van der Waals surface area (Å²) in [5.74, 6) is -0.0707. The first-order valence-electron chi connectivity index (χ1n) is 15.6. The molecule has 44 heavy (non-hydrogen) atoms. The fourth-order valence-electron chi connectivity index (χ4n) is 7.28. The average Bonchev–Trinajstić information content (AvgIpc) is 3.76. The Bertz CT molecular complexity index is 1560. The number of amides is 4. The van der Waals surface area contributed by atoms with Gasteiger partial charge in [-0.3, -0.25) is 14.5 Å². The molecule has 10 heteroatoms. The highest BCUT2D eigenvalue weighted by atomic mass is 16.5. The van der Waals surface area contributed by atoms with Crippen molar-refractivity contribution >= 4 is 23.5 Å².